The Balaban J connectivity index is 1.65. The van der Waals surface area contributed by atoms with Crippen LogP contribution in [0.4, 0.5) is 0 Å². The van der Waals surface area contributed by atoms with Gasteiger partial charge in [0.1, 0.15) is 12.4 Å². The normalized spacial score (nSPS) is 18.8. The molecule has 0 saturated carbocycles. The van der Waals surface area contributed by atoms with E-state index in [0.29, 0.717) is 6.61 Å². The molecule has 1 heterocycles. The highest BCUT2D eigenvalue weighted by Gasteiger charge is 2.18. The molecule has 23 heavy (non-hydrogen) atoms. The number of ether oxygens (including phenoxy) is 1. The summed E-state index contributed by atoms with van der Waals surface area (Å²) < 4.78 is 7.10. The maximum Gasteiger partial charge on any atom is 0.134 e. The molecule has 0 N–H and O–H groups in total. The van der Waals surface area contributed by atoms with Crippen LogP contribution >= 0.6 is 15.9 Å². The maximum absolute atomic E-state index is 6.01. The Hall–Kier alpha value is -1.32. The van der Waals surface area contributed by atoms with Crippen molar-refractivity contribution in [2.75, 3.05) is 13.1 Å². The third-order valence-corrected chi connectivity index (χ3v) is 5.32. The van der Waals surface area contributed by atoms with Gasteiger partial charge in [-0.15, -0.1) is 0 Å². The Kier molecular flexibility index (Phi) is 5.74. The van der Waals surface area contributed by atoms with Crippen LogP contribution in [0.5, 0.6) is 5.75 Å². The van der Waals surface area contributed by atoms with Gasteiger partial charge < -0.3 is 4.74 Å². The summed E-state index contributed by atoms with van der Waals surface area (Å²) in [7, 11) is 0. The van der Waals surface area contributed by atoms with Gasteiger partial charge in [0, 0.05) is 13.1 Å². The highest BCUT2D eigenvalue weighted by atomic mass is 79.9. The number of nitrogens with zero attached hydrogens (tertiary/aromatic N) is 1. The Labute approximate surface area is 147 Å². The van der Waals surface area contributed by atoms with E-state index in [2.05, 4.69) is 52.0 Å². The molecule has 0 bridgehead atoms. The van der Waals surface area contributed by atoms with Crippen LogP contribution in [0.3, 0.4) is 0 Å². The van der Waals surface area contributed by atoms with Gasteiger partial charge in [-0.05, 0) is 58.4 Å². The lowest BCUT2D eigenvalue weighted by atomic mass is 10.00. The molecule has 0 radical (unpaired) electrons. The number of hydrogen-bond donors (Lipinski definition) is 0. The molecule has 3 heteroatoms. The van der Waals surface area contributed by atoms with Crippen LogP contribution in [0.1, 0.15) is 30.9 Å². The number of hydrogen-bond acceptors (Lipinski definition) is 2. The lowest BCUT2D eigenvalue weighted by Gasteiger charge is -2.31. The molecule has 1 aliphatic heterocycles. The number of benzene rings is 2. The second-order valence-corrected chi connectivity index (χ2v) is 7.28. The summed E-state index contributed by atoms with van der Waals surface area (Å²) in [5.74, 6) is 1.73. The second kappa shape index (κ2) is 7.98. The minimum absolute atomic E-state index is 0.601. The quantitative estimate of drug-likeness (QED) is 0.708. The minimum atomic E-state index is 0.601. The third-order valence-electron chi connectivity index (χ3n) is 4.42. The average Bonchev–Trinajstić information content (AvgIpc) is 2.57. The van der Waals surface area contributed by atoms with E-state index in [1.54, 1.807) is 0 Å². The molecule has 0 aromatic heterocycles. The summed E-state index contributed by atoms with van der Waals surface area (Å²) in [6, 6.07) is 16.6. The van der Waals surface area contributed by atoms with Crippen molar-refractivity contribution in [1.29, 1.82) is 0 Å². The second-order valence-electron chi connectivity index (χ2n) is 6.49. The molecular formula is C20H24BrNO. The van der Waals surface area contributed by atoms with E-state index in [4.69, 9.17) is 4.74 Å². The molecule has 1 aliphatic rings. The first-order valence-corrected chi connectivity index (χ1v) is 9.18. The van der Waals surface area contributed by atoms with E-state index in [-0.39, 0.29) is 0 Å². The highest BCUT2D eigenvalue weighted by molar-refractivity contribution is 9.10. The molecule has 2 nitrogen and oxygen atoms in total. The zero-order chi connectivity index (χ0) is 16.1. The van der Waals surface area contributed by atoms with Gasteiger partial charge in [-0.2, -0.15) is 0 Å². The molecule has 0 amide bonds. The Morgan fingerprint density at radius 3 is 2.74 bits per heavy atom. The first-order chi connectivity index (χ1) is 11.2. The Bertz CT molecular complexity index is 629. The Morgan fingerprint density at radius 1 is 1.13 bits per heavy atom. The van der Waals surface area contributed by atoms with Crippen LogP contribution in [0.25, 0.3) is 0 Å². The molecule has 1 atom stereocenters. The largest absolute Gasteiger partial charge is 0.488 e. The summed E-state index contributed by atoms with van der Waals surface area (Å²) in [5, 5.41) is 0. The van der Waals surface area contributed by atoms with Crippen molar-refractivity contribution < 1.29 is 4.74 Å². The molecular weight excluding hydrogens is 350 g/mol. The van der Waals surface area contributed by atoms with Crippen molar-refractivity contribution in [3.63, 3.8) is 0 Å². The third kappa shape index (κ3) is 4.58. The zero-order valence-corrected chi connectivity index (χ0v) is 15.3. The van der Waals surface area contributed by atoms with Crippen molar-refractivity contribution in [1.82, 2.24) is 4.90 Å². The lowest BCUT2D eigenvalue weighted by Crippen LogP contribution is -2.33. The fourth-order valence-electron chi connectivity index (χ4n) is 3.20. The van der Waals surface area contributed by atoms with Gasteiger partial charge in [0.05, 0.1) is 4.47 Å². The minimum Gasteiger partial charge on any atom is -0.488 e. The van der Waals surface area contributed by atoms with Gasteiger partial charge in [-0.1, -0.05) is 49.4 Å². The topological polar surface area (TPSA) is 12.5 Å². The number of piperidine rings is 1. The average molecular weight is 374 g/mol. The molecule has 1 fully saturated rings. The van der Waals surface area contributed by atoms with Crippen LogP contribution in [0.15, 0.2) is 53.0 Å². The van der Waals surface area contributed by atoms with Gasteiger partial charge in [-0.25, -0.2) is 0 Å². The highest BCUT2D eigenvalue weighted by Crippen LogP contribution is 2.31. The van der Waals surface area contributed by atoms with Gasteiger partial charge in [0.15, 0.2) is 0 Å². The van der Waals surface area contributed by atoms with Crippen molar-refractivity contribution >= 4 is 15.9 Å². The van der Waals surface area contributed by atoms with Crippen LogP contribution < -0.4 is 4.74 Å². The van der Waals surface area contributed by atoms with E-state index in [1.807, 2.05) is 24.3 Å². The number of likely N-dealkylation sites (tertiary alicyclic amines) is 1. The van der Waals surface area contributed by atoms with Crippen LogP contribution in [-0.4, -0.2) is 18.0 Å². The van der Waals surface area contributed by atoms with Gasteiger partial charge in [0.2, 0.25) is 0 Å². The van der Waals surface area contributed by atoms with Gasteiger partial charge in [-0.3, -0.25) is 4.90 Å². The van der Waals surface area contributed by atoms with Crippen molar-refractivity contribution in [3.05, 3.63) is 64.1 Å². The SMILES string of the molecule is CC1CCCN(Cc2cccc(OCc3ccccc3)c2Br)C1. The molecule has 3 rings (SSSR count). The van der Waals surface area contributed by atoms with Crippen LogP contribution in [-0.2, 0) is 13.2 Å². The van der Waals surface area contributed by atoms with Crippen molar-refractivity contribution in [3.8, 4) is 5.75 Å². The molecule has 2 aromatic rings. The molecule has 1 unspecified atom stereocenters. The van der Waals surface area contributed by atoms with E-state index in [1.165, 1.54) is 37.1 Å². The van der Waals surface area contributed by atoms with Crippen molar-refractivity contribution in [2.45, 2.75) is 32.9 Å². The molecule has 1 saturated heterocycles. The van der Waals surface area contributed by atoms with E-state index >= 15 is 0 Å². The van der Waals surface area contributed by atoms with Crippen LogP contribution in [0.2, 0.25) is 0 Å². The maximum atomic E-state index is 6.01. The predicted molar refractivity (Wildman–Crippen MR) is 98.6 cm³/mol. The molecule has 122 valence electrons. The lowest BCUT2D eigenvalue weighted by molar-refractivity contribution is 0.176. The summed E-state index contributed by atoms with van der Waals surface area (Å²) in [6.07, 6.45) is 2.67. The standard InChI is InChI=1S/C20H24BrNO/c1-16-7-6-12-22(13-16)14-18-10-5-11-19(20(18)21)23-15-17-8-3-2-4-9-17/h2-5,8-11,16H,6-7,12-15H2,1H3. The smallest absolute Gasteiger partial charge is 0.134 e. The summed E-state index contributed by atoms with van der Waals surface area (Å²) in [4.78, 5) is 2.55. The fourth-order valence-corrected chi connectivity index (χ4v) is 3.70. The fraction of sp³-hybridized carbons (Fsp3) is 0.400. The van der Waals surface area contributed by atoms with E-state index in [0.717, 1.165) is 22.7 Å². The van der Waals surface area contributed by atoms with E-state index in [9.17, 15) is 0 Å². The predicted octanol–water partition coefficient (Wildman–Crippen LogP) is 5.26. The number of halogens is 1. The number of rotatable bonds is 5. The summed E-state index contributed by atoms with van der Waals surface area (Å²) in [6.45, 7) is 6.34. The van der Waals surface area contributed by atoms with Crippen molar-refractivity contribution in [2.24, 2.45) is 5.92 Å². The van der Waals surface area contributed by atoms with E-state index < -0.39 is 0 Å². The van der Waals surface area contributed by atoms with Gasteiger partial charge >= 0.3 is 0 Å². The first-order valence-electron chi connectivity index (χ1n) is 8.39. The first kappa shape index (κ1) is 16.5. The summed E-state index contributed by atoms with van der Waals surface area (Å²) in [5.41, 5.74) is 2.50. The molecule has 0 spiro atoms. The van der Waals surface area contributed by atoms with Crippen LogP contribution in [0, 0.1) is 5.92 Å². The monoisotopic (exact) mass is 373 g/mol. The Morgan fingerprint density at radius 2 is 1.96 bits per heavy atom. The molecule has 0 aliphatic carbocycles. The molecule has 2 aromatic carbocycles. The zero-order valence-electron chi connectivity index (χ0n) is 13.7. The van der Waals surface area contributed by atoms with Gasteiger partial charge in [0.25, 0.3) is 0 Å². The summed E-state index contributed by atoms with van der Waals surface area (Å²) >= 11 is 3.75.